The molecule has 25 heavy (non-hydrogen) atoms. The summed E-state index contributed by atoms with van der Waals surface area (Å²) < 4.78 is 0. The van der Waals surface area contributed by atoms with Crippen LogP contribution in [-0.2, 0) is 0 Å². The van der Waals surface area contributed by atoms with Crippen molar-refractivity contribution in [2.45, 2.75) is 0 Å². The van der Waals surface area contributed by atoms with Gasteiger partial charge >= 0.3 is 5.97 Å². The number of nitrogens with one attached hydrogen (secondary N) is 1. The third-order valence-electron chi connectivity index (χ3n) is 2.99. The van der Waals surface area contributed by atoms with Crippen LogP contribution < -0.4 is 5.32 Å². The first-order chi connectivity index (χ1) is 12.0. The van der Waals surface area contributed by atoms with Crippen molar-refractivity contribution in [1.29, 1.82) is 0 Å². The van der Waals surface area contributed by atoms with Gasteiger partial charge in [0.2, 0.25) is 0 Å². The molecule has 9 nitrogen and oxygen atoms in total. The maximum absolute atomic E-state index is 12.1. The number of carboxylic acids is 1. The van der Waals surface area contributed by atoms with Crippen LogP contribution >= 0.6 is 0 Å². The van der Waals surface area contributed by atoms with Crippen LogP contribution in [0.4, 0.5) is 0 Å². The van der Waals surface area contributed by atoms with Gasteiger partial charge in [0.15, 0.2) is 0 Å². The van der Waals surface area contributed by atoms with Gasteiger partial charge in [-0.05, 0) is 12.1 Å². The van der Waals surface area contributed by atoms with Crippen LogP contribution in [0.25, 0.3) is 0 Å². The third-order valence-corrected chi connectivity index (χ3v) is 2.99. The Morgan fingerprint density at radius 2 is 1.32 bits per heavy atom. The molecule has 0 fully saturated rings. The van der Waals surface area contributed by atoms with E-state index < -0.39 is 11.9 Å². The lowest BCUT2D eigenvalue weighted by molar-refractivity contribution is 0.0650. The first kappa shape index (κ1) is 23.0. The number of aliphatic hydroxyl groups is 4. The Bertz CT molecular complexity index is 501. The van der Waals surface area contributed by atoms with Gasteiger partial charge in [-0.1, -0.05) is 12.1 Å². The minimum Gasteiger partial charge on any atom is -0.478 e. The molecule has 0 aliphatic carbocycles. The van der Waals surface area contributed by atoms with Gasteiger partial charge in [-0.3, -0.25) is 4.79 Å². The monoisotopic (exact) mass is 358 g/mol. The van der Waals surface area contributed by atoms with Crippen molar-refractivity contribution in [2.75, 3.05) is 52.6 Å². The maximum Gasteiger partial charge on any atom is 0.336 e. The molecule has 0 aromatic heterocycles. The summed E-state index contributed by atoms with van der Waals surface area (Å²) in [6.45, 7) is 1.02. The summed E-state index contributed by atoms with van der Waals surface area (Å²) in [6.07, 6.45) is 0. The number of hydrogen-bond donors (Lipinski definition) is 6. The van der Waals surface area contributed by atoms with E-state index in [1.807, 2.05) is 0 Å². The summed E-state index contributed by atoms with van der Waals surface area (Å²) >= 11 is 0. The standard InChI is InChI=1S/C12H15NO5.C4H11NO2/c14-7-5-13(6-8-15)11(16)9-3-1-2-4-10(9)12(17)18;6-3-1-5-2-4-7/h1-4,14-15H,5-8H2,(H,17,18);5-7H,1-4H2. The number of amides is 1. The van der Waals surface area contributed by atoms with Crippen molar-refractivity contribution in [3.8, 4) is 0 Å². The third kappa shape index (κ3) is 9.13. The predicted molar refractivity (Wildman–Crippen MR) is 90.5 cm³/mol. The first-order valence-corrected chi connectivity index (χ1v) is 7.79. The summed E-state index contributed by atoms with van der Waals surface area (Å²) in [6, 6.07) is 5.84. The zero-order chi connectivity index (χ0) is 19.1. The Labute approximate surface area is 146 Å². The molecule has 0 aliphatic rings. The highest BCUT2D eigenvalue weighted by molar-refractivity contribution is 6.04. The number of nitrogens with zero attached hydrogens (tertiary/aromatic N) is 1. The normalized spacial score (nSPS) is 9.92. The first-order valence-electron chi connectivity index (χ1n) is 7.79. The molecule has 0 bridgehead atoms. The Hall–Kier alpha value is -2.04. The van der Waals surface area contributed by atoms with Crippen LogP contribution in [0.5, 0.6) is 0 Å². The molecule has 1 rings (SSSR count). The lowest BCUT2D eigenvalue weighted by Crippen LogP contribution is -2.36. The van der Waals surface area contributed by atoms with Gasteiger partial charge in [0.1, 0.15) is 0 Å². The lowest BCUT2D eigenvalue weighted by Gasteiger charge is -2.21. The van der Waals surface area contributed by atoms with Crippen molar-refractivity contribution in [3.63, 3.8) is 0 Å². The quantitative estimate of drug-likeness (QED) is 0.273. The fourth-order valence-corrected chi connectivity index (χ4v) is 1.87. The fourth-order valence-electron chi connectivity index (χ4n) is 1.87. The van der Waals surface area contributed by atoms with Crippen molar-refractivity contribution in [2.24, 2.45) is 0 Å². The van der Waals surface area contributed by atoms with Gasteiger partial charge in [0, 0.05) is 26.2 Å². The zero-order valence-electron chi connectivity index (χ0n) is 14.0. The second-order valence-electron chi connectivity index (χ2n) is 4.79. The molecular formula is C16H26N2O7. The molecule has 0 unspecified atom stereocenters. The molecule has 6 N–H and O–H groups in total. The minimum atomic E-state index is -1.19. The van der Waals surface area contributed by atoms with Gasteiger partial charge in [-0.2, -0.15) is 0 Å². The van der Waals surface area contributed by atoms with Crippen LogP contribution in [-0.4, -0.2) is 94.9 Å². The topological polar surface area (TPSA) is 151 Å². The van der Waals surface area contributed by atoms with E-state index in [0.717, 1.165) is 0 Å². The summed E-state index contributed by atoms with van der Waals surface area (Å²) in [7, 11) is 0. The molecule has 0 aliphatic heterocycles. The highest BCUT2D eigenvalue weighted by atomic mass is 16.4. The zero-order valence-corrected chi connectivity index (χ0v) is 14.0. The van der Waals surface area contributed by atoms with Gasteiger partial charge in [0.25, 0.3) is 5.91 Å². The van der Waals surface area contributed by atoms with Crippen molar-refractivity contribution in [1.82, 2.24) is 10.2 Å². The molecule has 0 spiro atoms. The number of carbonyl (C=O) groups is 2. The van der Waals surface area contributed by atoms with Gasteiger partial charge in [0.05, 0.1) is 37.6 Å². The van der Waals surface area contributed by atoms with Crippen molar-refractivity contribution >= 4 is 11.9 Å². The van der Waals surface area contributed by atoms with Crippen LogP contribution in [0.1, 0.15) is 20.7 Å². The van der Waals surface area contributed by atoms with Gasteiger partial charge in [-0.15, -0.1) is 0 Å². The molecule has 9 heteroatoms. The van der Waals surface area contributed by atoms with E-state index in [-0.39, 0.29) is 50.6 Å². The Morgan fingerprint density at radius 3 is 1.72 bits per heavy atom. The molecular weight excluding hydrogens is 332 g/mol. The molecule has 0 saturated carbocycles. The number of aliphatic hydroxyl groups excluding tert-OH is 4. The smallest absolute Gasteiger partial charge is 0.336 e. The predicted octanol–water partition coefficient (Wildman–Crippen LogP) is -1.63. The van der Waals surface area contributed by atoms with E-state index in [9.17, 15) is 9.59 Å². The largest absolute Gasteiger partial charge is 0.478 e. The Balaban J connectivity index is 0.000000697. The minimum absolute atomic E-state index is 0.0481. The second-order valence-corrected chi connectivity index (χ2v) is 4.79. The number of carboxylic acid groups (broad SMARTS) is 1. The summed E-state index contributed by atoms with van der Waals surface area (Å²) in [5, 5.41) is 45.8. The van der Waals surface area contributed by atoms with Crippen molar-refractivity contribution in [3.05, 3.63) is 35.4 Å². The second kappa shape index (κ2) is 14.3. The van der Waals surface area contributed by atoms with Crippen LogP contribution in [0.2, 0.25) is 0 Å². The molecule has 1 aromatic carbocycles. The Kier molecular flexibility index (Phi) is 13.1. The van der Waals surface area contributed by atoms with E-state index in [0.29, 0.717) is 13.1 Å². The lowest BCUT2D eigenvalue weighted by atomic mass is 10.1. The van der Waals surface area contributed by atoms with Gasteiger partial charge in [-0.25, -0.2) is 4.79 Å². The molecule has 0 heterocycles. The van der Waals surface area contributed by atoms with Crippen LogP contribution in [0, 0.1) is 0 Å². The highest BCUT2D eigenvalue weighted by Crippen LogP contribution is 2.11. The molecule has 1 amide bonds. The Morgan fingerprint density at radius 1 is 0.840 bits per heavy atom. The van der Waals surface area contributed by atoms with E-state index in [2.05, 4.69) is 5.32 Å². The molecule has 142 valence electrons. The number of benzene rings is 1. The number of carbonyl (C=O) groups excluding carboxylic acids is 1. The average Bonchev–Trinajstić information content (AvgIpc) is 2.62. The summed E-state index contributed by atoms with van der Waals surface area (Å²) in [5.41, 5.74) is -0.0460. The average molecular weight is 358 g/mol. The highest BCUT2D eigenvalue weighted by Gasteiger charge is 2.20. The summed E-state index contributed by atoms with van der Waals surface area (Å²) in [4.78, 5) is 24.3. The van der Waals surface area contributed by atoms with E-state index in [1.165, 1.54) is 23.1 Å². The molecule has 0 saturated heterocycles. The van der Waals surface area contributed by atoms with E-state index in [4.69, 9.17) is 25.5 Å². The molecule has 0 radical (unpaired) electrons. The summed E-state index contributed by atoms with van der Waals surface area (Å²) in [5.74, 6) is -1.71. The van der Waals surface area contributed by atoms with Crippen LogP contribution in [0.3, 0.4) is 0 Å². The van der Waals surface area contributed by atoms with E-state index in [1.54, 1.807) is 6.07 Å². The molecule has 1 aromatic rings. The van der Waals surface area contributed by atoms with E-state index >= 15 is 0 Å². The number of hydrogen-bond acceptors (Lipinski definition) is 7. The van der Waals surface area contributed by atoms with Gasteiger partial charge < -0.3 is 35.7 Å². The maximum atomic E-state index is 12.1. The van der Waals surface area contributed by atoms with Crippen LogP contribution in [0.15, 0.2) is 24.3 Å². The van der Waals surface area contributed by atoms with Crippen molar-refractivity contribution < 1.29 is 35.1 Å². The number of aromatic carboxylic acids is 1. The fraction of sp³-hybridized carbons (Fsp3) is 0.500. The molecule has 0 atom stereocenters. The SMILES string of the molecule is O=C(O)c1ccccc1C(=O)N(CCO)CCO.OCCNCCO. The number of rotatable bonds is 10.